The molecule has 1 aromatic rings. The molecular formula is C14H20N2O3. The van der Waals surface area contributed by atoms with Gasteiger partial charge in [0.05, 0.1) is 0 Å². The van der Waals surface area contributed by atoms with Gasteiger partial charge in [0.25, 0.3) is 5.91 Å². The summed E-state index contributed by atoms with van der Waals surface area (Å²) in [6, 6.07) is 6.20. The summed E-state index contributed by atoms with van der Waals surface area (Å²) in [7, 11) is 0. The van der Waals surface area contributed by atoms with Crippen LogP contribution in [0.4, 0.5) is 0 Å². The SMILES string of the molecule is CC(C)[C@H](NC(=O)c1ccccc1CCN)C(=O)O. The van der Waals surface area contributed by atoms with Gasteiger partial charge in [0.15, 0.2) is 0 Å². The van der Waals surface area contributed by atoms with E-state index in [0.717, 1.165) is 5.56 Å². The van der Waals surface area contributed by atoms with E-state index in [1.807, 2.05) is 12.1 Å². The predicted octanol–water partition coefficient (Wildman–Crippen LogP) is 1.03. The maximum atomic E-state index is 12.1. The second-order valence-corrected chi connectivity index (χ2v) is 4.73. The third-order valence-electron chi connectivity index (χ3n) is 2.89. The minimum atomic E-state index is -1.03. The fourth-order valence-electron chi connectivity index (χ4n) is 1.85. The largest absolute Gasteiger partial charge is 0.480 e. The number of carboxylic acid groups (broad SMARTS) is 1. The first-order valence-corrected chi connectivity index (χ1v) is 6.29. The maximum Gasteiger partial charge on any atom is 0.326 e. The van der Waals surface area contributed by atoms with Crippen molar-refractivity contribution in [2.45, 2.75) is 26.3 Å². The summed E-state index contributed by atoms with van der Waals surface area (Å²) in [6.07, 6.45) is 0.586. The molecule has 1 aromatic carbocycles. The molecule has 0 radical (unpaired) electrons. The second kappa shape index (κ2) is 6.89. The van der Waals surface area contributed by atoms with Gasteiger partial charge >= 0.3 is 5.97 Å². The molecule has 0 unspecified atom stereocenters. The van der Waals surface area contributed by atoms with Gasteiger partial charge in [-0.05, 0) is 30.5 Å². The van der Waals surface area contributed by atoms with E-state index in [9.17, 15) is 9.59 Å². The summed E-state index contributed by atoms with van der Waals surface area (Å²) in [6.45, 7) is 3.95. The monoisotopic (exact) mass is 264 g/mol. The highest BCUT2D eigenvalue weighted by atomic mass is 16.4. The van der Waals surface area contributed by atoms with Gasteiger partial charge in [-0.1, -0.05) is 32.0 Å². The van der Waals surface area contributed by atoms with Crippen LogP contribution in [0.2, 0.25) is 0 Å². The molecule has 4 N–H and O–H groups in total. The van der Waals surface area contributed by atoms with Gasteiger partial charge in [-0.15, -0.1) is 0 Å². The summed E-state index contributed by atoms with van der Waals surface area (Å²) in [5.41, 5.74) is 6.82. The Bertz CT molecular complexity index is 458. The molecule has 0 heterocycles. The Balaban J connectivity index is 2.91. The predicted molar refractivity (Wildman–Crippen MR) is 72.9 cm³/mol. The summed E-state index contributed by atoms with van der Waals surface area (Å²) >= 11 is 0. The van der Waals surface area contributed by atoms with Crippen molar-refractivity contribution in [2.75, 3.05) is 6.54 Å². The number of hydrogen-bond acceptors (Lipinski definition) is 3. The first kappa shape index (κ1) is 15.2. The lowest BCUT2D eigenvalue weighted by molar-refractivity contribution is -0.140. The highest BCUT2D eigenvalue weighted by Crippen LogP contribution is 2.11. The Hall–Kier alpha value is -1.88. The number of hydrogen-bond donors (Lipinski definition) is 3. The van der Waals surface area contributed by atoms with Crippen LogP contribution in [-0.4, -0.2) is 29.6 Å². The van der Waals surface area contributed by atoms with Gasteiger partial charge < -0.3 is 16.2 Å². The van der Waals surface area contributed by atoms with E-state index in [4.69, 9.17) is 10.8 Å². The topological polar surface area (TPSA) is 92.4 Å². The smallest absolute Gasteiger partial charge is 0.326 e. The van der Waals surface area contributed by atoms with Crippen molar-refractivity contribution in [3.8, 4) is 0 Å². The van der Waals surface area contributed by atoms with Crippen molar-refractivity contribution in [3.05, 3.63) is 35.4 Å². The number of nitrogens with two attached hydrogens (primary N) is 1. The van der Waals surface area contributed by atoms with E-state index in [-0.39, 0.29) is 11.8 Å². The Morgan fingerprint density at radius 2 is 1.95 bits per heavy atom. The second-order valence-electron chi connectivity index (χ2n) is 4.73. The van der Waals surface area contributed by atoms with E-state index in [1.54, 1.807) is 26.0 Å². The van der Waals surface area contributed by atoms with E-state index >= 15 is 0 Å². The van der Waals surface area contributed by atoms with Crippen molar-refractivity contribution in [1.82, 2.24) is 5.32 Å². The molecule has 0 spiro atoms. The number of carboxylic acids is 1. The molecule has 0 aromatic heterocycles. The van der Waals surface area contributed by atoms with Crippen molar-refractivity contribution < 1.29 is 14.7 Å². The van der Waals surface area contributed by atoms with Gasteiger partial charge in [0, 0.05) is 5.56 Å². The molecular weight excluding hydrogens is 244 g/mol. The number of carbonyl (C=O) groups excluding carboxylic acids is 1. The number of amides is 1. The summed E-state index contributed by atoms with van der Waals surface area (Å²) in [5.74, 6) is -1.58. The van der Waals surface area contributed by atoms with Crippen LogP contribution >= 0.6 is 0 Å². The highest BCUT2D eigenvalue weighted by molar-refractivity contribution is 5.97. The zero-order valence-electron chi connectivity index (χ0n) is 11.2. The fourth-order valence-corrected chi connectivity index (χ4v) is 1.85. The van der Waals surface area contributed by atoms with Gasteiger partial charge in [0.1, 0.15) is 6.04 Å². The maximum absolute atomic E-state index is 12.1. The number of nitrogens with one attached hydrogen (secondary N) is 1. The first-order valence-electron chi connectivity index (χ1n) is 6.29. The van der Waals surface area contributed by atoms with E-state index in [0.29, 0.717) is 18.5 Å². The molecule has 0 saturated carbocycles. The minimum absolute atomic E-state index is 0.178. The van der Waals surface area contributed by atoms with Gasteiger partial charge in [-0.25, -0.2) is 4.79 Å². The number of benzene rings is 1. The number of carbonyl (C=O) groups is 2. The van der Waals surface area contributed by atoms with Gasteiger partial charge in [-0.2, -0.15) is 0 Å². The van der Waals surface area contributed by atoms with E-state index in [2.05, 4.69) is 5.32 Å². The average Bonchev–Trinajstić information content (AvgIpc) is 2.36. The van der Waals surface area contributed by atoms with Crippen molar-refractivity contribution in [1.29, 1.82) is 0 Å². The van der Waals surface area contributed by atoms with Crippen LogP contribution in [0.3, 0.4) is 0 Å². The average molecular weight is 264 g/mol. The lowest BCUT2D eigenvalue weighted by Crippen LogP contribution is -2.44. The van der Waals surface area contributed by atoms with Crippen LogP contribution in [0.5, 0.6) is 0 Å². The molecule has 0 aliphatic rings. The van der Waals surface area contributed by atoms with E-state index < -0.39 is 12.0 Å². The first-order chi connectivity index (χ1) is 8.97. The molecule has 0 fully saturated rings. The van der Waals surface area contributed by atoms with Crippen LogP contribution in [0.25, 0.3) is 0 Å². The Morgan fingerprint density at radius 3 is 2.47 bits per heavy atom. The summed E-state index contributed by atoms with van der Waals surface area (Å²) in [5, 5.41) is 11.6. The van der Waals surface area contributed by atoms with Crippen LogP contribution in [0.15, 0.2) is 24.3 Å². The molecule has 5 nitrogen and oxygen atoms in total. The van der Waals surface area contributed by atoms with E-state index in [1.165, 1.54) is 0 Å². The van der Waals surface area contributed by atoms with Crippen molar-refractivity contribution in [3.63, 3.8) is 0 Å². The molecule has 5 heteroatoms. The molecule has 19 heavy (non-hydrogen) atoms. The van der Waals surface area contributed by atoms with Gasteiger partial charge in [-0.3, -0.25) is 4.79 Å². The van der Waals surface area contributed by atoms with Crippen molar-refractivity contribution >= 4 is 11.9 Å². The quantitative estimate of drug-likeness (QED) is 0.715. The molecule has 0 aliphatic carbocycles. The Kier molecular flexibility index (Phi) is 5.51. The third kappa shape index (κ3) is 4.06. The summed E-state index contributed by atoms with van der Waals surface area (Å²) in [4.78, 5) is 23.2. The normalized spacial score (nSPS) is 12.2. The molecule has 1 rings (SSSR count). The minimum Gasteiger partial charge on any atom is -0.480 e. The Morgan fingerprint density at radius 1 is 1.32 bits per heavy atom. The third-order valence-corrected chi connectivity index (χ3v) is 2.89. The fraction of sp³-hybridized carbons (Fsp3) is 0.429. The van der Waals surface area contributed by atoms with Gasteiger partial charge in [0.2, 0.25) is 0 Å². The summed E-state index contributed by atoms with van der Waals surface area (Å²) < 4.78 is 0. The standard InChI is InChI=1S/C14H20N2O3/c1-9(2)12(14(18)19)16-13(17)11-6-4-3-5-10(11)7-8-15/h3-6,9,12H,7-8,15H2,1-2H3,(H,16,17)(H,18,19)/t12-/m0/s1. The molecule has 1 atom stereocenters. The van der Waals surface area contributed by atoms with Crippen molar-refractivity contribution in [2.24, 2.45) is 11.7 Å². The zero-order valence-corrected chi connectivity index (χ0v) is 11.2. The lowest BCUT2D eigenvalue weighted by atomic mass is 10.0. The van der Waals surface area contributed by atoms with Crippen LogP contribution in [0, 0.1) is 5.92 Å². The van der Waals surface area contributed by atoms with Crippen LogP contribution < -0.4 is 11.1 Å². The highest BCUT2D eigenvalue weighted by Gasteiger charge is 2.24. The molecule has 104 valence electrons. The molecule has 0 bridgehead atoms. The Labute approximate surface area is 112 Å². The van der Waals surface area contributed by atoms with Crippen LogP contribution in [0.1, 0.15) is 29.8 Å². The lowest BCUT2D eigenvalue weighted by Gasteiger charge is -2.18. The molecule has 0 aliphatic heterocycles. The number of aliphatic carboxylic acids is 1. The van der Waals surface area contributed by atoms with Crippen LogP contribution in [-0.2, 0) is 11.2 Å². The molecule has 1 amide bonds. The number of rotatable bonds is 6. The zero-order chi connectivity index (χ0) is 14.4. The molecule has 0 saturated heterocycles.